The Kier molecular flexibility index (Phi) is 20.1. The molecule has 0 radical (unpaired) electrons. The maximum absolute atomic E-state index is 11.0. The molecular formula is C24H48O12S4Si4. The van der Waals surface area contributed by atoms with Crippen LogP contribution in [0.1, 0.15) is 25.7 Å². The number of thioether (sulfide) groups is 4. The van der Waals surface area contributed by atoms with Gasteiger partial charge in [0.25, 0.3) is 0 Å². The molecule has 0 aromatic heterocycles. The van der Waals surface area contributed by atoms with E-state index in [1.807, 2.05) is 26.2 Å². The van der Waals surface area contributed by atoms with Crippen LogP contribution in [-0.2, 0) is 35.6 Å². The highest BCUT2D eigenvalue weighted by atomic mass is 32.2. The second-order valence-corrected chi connectivity index (χ2v) is 30.2. The first-order valence-electron chi connectivity index (χ1n) is 14.5. The lowest BCUT2D eigenvalue weighted by molar-refractivity contribution is -0.137. The molecule has 12 nitrogen and oxygen atoms in total. The molecule has 1 saturated heterocycles. The third-order valence-corrected chi connectivity index (χ3v) is 30.2. The molecule has 44 heavy (non-hydrogen) atoms. The van der Waals surface area contributed by atoms with Crippen molar-refractivity contribution >= 4 is 105 Å². The molecule has 0 bridgehead atoms. The predicted octanol–water partition coefficient (Wildman–Crippen LogP) is 5.19. The first-order chi connectivity index (χ1) is 20.5. The van der Waals surface area contributed by atoms with Crippen molar-refractivity contribution in [2.45, 2.75) is 76.0 Å². The molecule has 256 valence electrons. The van der Waals surface area contributed by atoms with Crippen molar-refractivity contribution in [2.75, 3.05) is 46.0 Å². The van der Waals surface area contributed by atoms with Gasteiger partial charge in [-0.15, -0.1) is 0 Å². The Labute approximate surface area is 281 Å². The van der Waals surface area contributed by atoms with Crippen LogP contribution in [0.25, 0.3) is 0 Å². The maximum Gasteiger partial charge on any atom is 0.318 e. The highest BCUT2D eigenvalue weighted by molar-refractivity contribution is 8.00. The zero-order chi connectivity index (χ0) is 33.3. The van der Waals surface area contributed by atoms with Gasteiger partial charge in [0.2, 0.25) is 0 Å². The molecule has 1 heterocycles. The van der Waals surface area contributed by atoms with E-state index in [1.54, 1.807) is 47.0 Å². The molecule has 0 saturated carbocycles. The monoisotopic (exact) mass is 768 g/mol. The third kappa shape index (κ3) is 19.6. The average Bonchev–Trinajstić information content (AvgIpc) is 2.86. The lowest BCUT2D eigenvalue weighted by atomic mass is 10.5. The summed E-state index contributed by atoms with van der Waals surface area (Å²) in [5.41, 5.74) is 0. The predicted molar refractivity (Wildman–Crippen MR) is 188 cm³/mol. The summed E-state index contributed by atoms with van der Waals surface area (Å²) >= 11 is 6.18. The standard InChI is InChI=1S/C24H48O12S4Si4/c1-41(17-13-37-9-5-21(25)26)33-42(2,18-14-38-10-6-22(27)28)35-44(4,20-16-40-12-8-24(31)32)36-43(3,34-41)19-15-39-11-7-23(29)30/h5-20H2,1-4H3,(H,25,26)(H,27,28)(H,29,30)(H,31,32). The van der Waals surface area contributed by atoms with Gasteiger partial charge in [0.05, 0.1) is 25.7 Å². The van der Waals surface area contributed by atoms with Crippen molar-refractivity contribution in [1.29, 1.82) is 0 Å². The molecule has 0 atom stereocenters. The number of aliphatic carboxylic acids is 4. The maximum atomic E-state index is 11.0. The largest absolute Gasteiger partial charge is 0.481 e. The van der Waals surface area contributed by atoms with Gasteiger partial charge in [0.15, 0.2) is 0 Å². The van der Waals surface area contributed by atoms with Gasteiger partial charge in [-0.1, -0.05) is 0 Å². The quantitative estimate of drug-likeness (QED) is 0.0742. The number of rotatable bonds is 24. The van der Waals surface area contributed by atoms with Gasteiger partial charge in [-0.05, 0) is 73.4 Å². The molecule has 0 spiro atoms. The normalized spacial score (nSPS) is 27.4. The summed E-state index contributed by atoms with van der Waals surface area (Å²) in [5, 5.41) is 36.1. The van der Waals surface area contributed by atoms with Gasteiger partial charge < -0.3 is 36.9 Å². The number of hydrogen-bond donors (Lipinski definition) is 4. The fourth-order valence-electron chi connectivity index (χ4n) is 4.39. The van der Waals surface area contributed by atoms with Crippen LogP contribution in [0.3, 0.4) is 0 Å². The van der Waals surface area contributed by atoms with E-state index in [2.05, 4.69) is 0 Å². The van der Waals surface area contributed by atoms with Gasteiger partial charge in [-0.3, -0.25) is 19.2 Å². The SMILES string of the molecule is C[Si]1(CCSCCC(=O)O)O[Si](C)(CCSCCC(=O)O)O[Si](C)(CCSCCC(=O)O)O[Si](C)(CCSCCC(=O)O)O1. The number of hydrogen-bond acceptors (Lipinski definition) is 12. The van der Waals surface area contributed by atoms with Gasteiger partial charge in [-0.2, -0.15) is 47.0 Å². The zero-order valence-electron chi connectivity index (χ0n) is 26.0. The van der Waals surface area contributed by atoms with Crippen LogP contribution in [0.2, 0.25) is 50.4 Å². The van der Waals surface area contributed by atoms with Gasteiger partial charge in [0, 0.05) is 23.0 Å². The highest BCUT2D eigenvalue weighted by Crippen LogP contribution is 2.38. The first kappa shape index (κ1) is 42.0. The number of carboxylic acid groups (broad SMARTS) is 4. The summed E-state index contributed by atoms with van der Waals surface area (Å²) in [5.74, 6) is 1.26. The Morgan fingerprint density at radius 2 is 0.591 bits per heavy atom. The van der Waals surface area contributed by atoms with Gasteiger partial charge in [0.1, 0.15) is 0 Å². The molecule has 1 aliphatic rings. The molecule has 1 aliphatic heterocycles. The lowest BCUT2D eigenvalue weighted by Crippen LogP contribution is -2.67. The minimum absolute atomic E-state index is 0.0748. The first-order valence-corrected chi connectivity index (χ1v) is 29.2. The van der Waals surface area contributed by atoms with Crippen LogP contribution >= 0.6 is 47.0 Å². The van der Waals surface area contributed by atoms with E-state index in [0.717, 1.165) is 0 Å². The van der Waals surface area contributed by atoms with Crippen LogP contribution in [0.4, 0.5) is 0 Å². The summed E-state index contributed by atoms with van der Waals surface area (Å²) in [4.78, 5) is 43.9. The molecule has 0 unspecified atom stereocenters. The molecule has 4 N–H and O–H groups in total. The summed E-state index contributed by atoms with van der Waals surface area (Å²) in [6.45, 7) is 8.09. The van der Waals surface area contributed by atoms with Crippen LogP contribution < -0.4 is 0 Å². The summed E-state index contributed by atoms with van der Waals surface area (Å²) in [7, 11) is -11.6. The minimum Gasteiger partial charge on any atom is -0.481 e. The van der Waals surface area contributed by atoms with Crippen molar-refractivity contribution in [3.8, 4) is 0 Å². The summed E-state index contributed by atoms with van der Waals surface area (Å²) in [6, 6.07) is 2.49. The summed E-state index contributed by atoms with van der Waals surface area (Å²) < 4.78 is 28.1. The Balaban J connectivity index is 3.20. The Bertz CT molecular complexity index is 784. The molecule has 0 aromatic carbocycles. The number of carbonyl (C=O) groups is 4. The van der Waals surface area contributed by atoms with E-state index >= 15 is 0 Å². The van der Waals surface area contributed by atoms with Crippen LogP contribution in [0.5, 0.6) is 0 Å². The highest BCUT2D eigenvalue weighted by Gasteiger charge is 2.56. The van der Waals surface area contributed by atoms with Gasteiger partial charge >= 0.3 is 58.1 Å². The molecule has 20 heteroatoms. The average molecular weight is 769 g/mol. The van der Waals surface area contributed by atoms with E-state index in [1.165, 1.54) is 0 Å². The molecule has 1 fully saturated rings. The third-order valence-electron chi connectivity index (χ3n) is 6.37. The second kappa shape index (κ2) is 21.1. The van der Waals surface area contributed by atoms with Crippen LogP contribution in [0, 0.1) is 0 Å². The zero-order valence-corrected chi connectivity index (χ0v) is 33.3. The molecule has 0 aromatic rings. The van der Waals surface area contributed by atoms with E-state index in [-0.39, 0.29) is 25.7 Å². The van der Waals surface area contributed by atoms with Crippen molar-refractivity contribution in [2.24, 2.45) is 0 Å². The molecule has 0 amide bonds. The smallest absolute Gasteiger partial charge is 0.318 e. The lowest BCUT2D eigenvalue weighted by Gasteiger charge is -2.50. The van der Waals surface area contributed by atoms with E-state index in [0.29, 0.717) is 70.2 Å². The topological polar surface area (TPSA) is 186 Å². The second-order valence-electron chi connectivity index (χ2n) is 11.0. The van der Waals surface area contributed by atoms with E-state index < -0.39 is 58.1 Å². The van der Waals surface area contributed by atoms with Gasteiger partial charge in [-0.25, -0.2) is 0 Å². The van der Waals surface area contributed by atoms with Crippen molar-refractivity contribution in [3.05, 3.63) is 0 Å². The van der Waals surface area contributed by atoms with Crippen LogP contribution in [0.15, 0.2) is 0 Å². The molecular weight excluding hydrogens is 721 g/mol. The van der Waals surface area contributed by atoms with Crippen molar-refractivity contribution in [3.63, 3.8) is 0 Å². The van der Waals surface area contributed by atoms with E-state index in [4.69, 9.17) is 36.9 Å². The van der Waals surface area contributed by atoms with E-state index in [9.17, 15) is 19.2 Å². The van der Waals surface area contributed by atoms with Crippen molar-refractivity contribution in [1.82, 2.24) is 0 Å². The Morgan fingerprint density at radius 3 is 0.750 bits per heavy atom. The Hall–Kier alpha value is -0.0125. The molecule has 1 rings (SSSR count). The minimum atomic E-state index is -2.91. The van der Waals surface area contributed by atoms with Crippen molar-refractivity contribution < 1.29 is 56.1 Å². The Morgan fingerprint density at radius 1 is 0.409 bits per heavy atom. The fourth-order valence-corrected chi connectivity index (χ4v) is 34.8. The van der Waals surface area contributed by atoms with Crippen LogP contribution in [-0.4, -0.2) is 125 Å². The fraction of sp³-hybridized carbons (Fsp3) is 0.833. The number of carboxylic acids is 4. The molecule has 0 aliphatic carbocycles. The summed E-state index contributed by atoms with van der Waals surface area (Å²) in [6.07, 6.45) is 0.299.